The predicted molar refractivity (Wildman–Crippen MR) is 112 cm³/mol. The second-order valence-electron chi connectivity index (χ2n) is 8.06. The third kappa shape index (κ3) is 3.08. The highest BCUT2D eigenvalue weighted by Gasteiger charge is 2.57. The van der Waals surface area contributed by atoms with Gasteiger partial charge in [-0.05, 0) is 86.8 Å². The third-order valence-electron chi connectivity index (χ3n) is 7.96. The van der Waals surface area contributed by atoms with Gasteiger partial charge in [-0.15, -0.1) is 0 Å². The van der Waals surface area contributed by atoms with Crippen LogP contribution in [0.2, 0.25) is 0 Å². The van der Waals surface area contributed by atoms with Gasteiger partial charge < -0.3 is 0 Å². The van der Waals surface area contributed by atoms with Crippen LogP contribution in [0.25, 0.3) is 0 Å². The van der Waals surface area contributed by atoms with Crippen molar-refractivity contribution in [1.82, 2.24) is 0 Å². The van der Waals surface area contributed by atoms with Gasteiger partial charge >= 0.3 is 0 Å². The fourth-order valence-electron chi connectivity index (χ4n) is 6.31. The van der Waals surface area contributed by atoms with Gasteiger partial charge in [-0.3, -0.25) is 0 Å². The molecular formula is C21H42P2. The second kappa shape index (κ2) is 8.04. The van der Waals surface area contributed by atoms with Gasteiger partial charge in [0.1, 0.15) is 0 Å². The highest BCUT2D eigenvalue weighted by molar-refractivity contribution is 7.79. The molecule has 2 aliphatic heterocycles. The fourth-order valence-corrected chi connectivity index (χ4v) is 17.7. The van der Waals surface area contributed by atoms with Gasteiger partial charge in [0.05, 0.1) is 0 Å². The molecule has 0 aromatic carbocycles. The Morgan fingerprint density at radius 2 is 1.00 bits per heavy atom. The molecule has 2 aliphatic rings. The Labute approximate surface area is 149 Å². The molecule has 2 atom stereocenters. The Morgan fingerprint density at radius 1 is 0.652 bits per heavy atom. The molecule has 0 amide bonds. The van der Waals surface area contributed by atoms with Crippen molar-refractivity contribution in [2.24, 2.45) is 0 Å². The van der Waals surface area contributed by atoms with Gasteiger partial charge in [-0.25, -0.2) is 0 Å². The van der Waals surface area contributed by atoms with Crippen molar-refractivity contribution in [1.29, 1.82) is 0 Å². The SMILES string of the molecule is CCC1(CC)CCCP1C(CC)(CC)P1CCCC1(CC)CC. The fraction of sp³-hybridized carbons (Fsp3) is 1.00. The monoisotopic (exact) mass is 356 g/mol. The number of hydrogen-bond donors (Lipinski definition) is 0. The van der Waals surface area contributed by atoms with E-state index in [9.17, 15) is 0 Å². The van der Waals surface area contributed by atoms with E-state index in [1.165, 1.54) is 51.4 Å². The third-order valence-corrected chi connectivity index (χ3v) is 18.2. The van der Waals surface area contributed by atoms with Crippen LogP contribution in [0.3, 0.4) is 0 Å². The molecule has 2 heteroatoms. The summed E-state index contributed by atoms with van der Waals surface area (Å²) in [6, 6.07) is 0. The summed E-state index contributed by atoms with van der Waals surface area (Å²) in [4.78, 5) is 0.746. The maximum absolute atomic E-state index is 2.57. The lowest BCUT2D eigenvalue weighted by atomic mass is 9.97. The van der Waals surface area contributed by atoms with Crippen molar-refractivity contribution in [3.8, 4) is 0 Å². The highest BCUT2D eigenvalue weighted by atomic mass is 31.2. The predicted octanol–water partition coefficient (Wildman–Crippen LogP) is 8.17. The molecule has 0 nitrogen and oxygen atoms in total. The normalized spacial score (nSPS) is 30.0. The number of hydrogen-bond acceptors (Lipinski definition) is 0. The van der Waals surface area contributed by atoms with Crippen LogP contribution >= 0.6 is 15.8 Å². The van der Waals surface area contributed by atoms with Crippen LogP contribution in [0.1, 0.15) is 106 Å². The zero-order chi connectivity index (χ0) is 17.1. The second-order valence-corrected chi connectivity index (χ2v) is 14.6. The zero-order valence-corrected chi connectivity index (χ0v) is 18.7. The highest BCUT2D eigenvalue weighted by Crippen LogP contribution is 2.84. The summed E-state index contributed by atoms with van der Waals surface area (Å²) in [6.07, 6.45) is 18.1. The summed E-state index contributed by atoms with van der Waals surface area (Å²) < 4.78 is 0. The molecule has 2 unspecified atom stereocenters. The molecule has 0 bridgehead atoms. The zero-order valence-electron chi connectivity index (χ0n) is 16.9. The molecule has 2 heterocycles. The minimum atomic E-state index is 0.207. The summed E-state index contributed by atoms with van der Waals surface area (Å²) in [5.74, 6) is 0. The lowest BCUT2D eigenvalue weighted by molar-refractivity contribution is 0.498. The van der Waals surface area contributed by atoms with Crippen LogP contribution in [0.5, 0.6) is 0 Å². The van der Waals surface area contributed by atoms with E-state index >= 15 is 0 Å². The Hall–Kier alpha value is 0.860. The van der Waals surface area contributed by atoms with Crippen molar-refractivity contribution in [2.45, 2.75) is 121 Å². The first-order chi connectivity index (χ1) is 11.0. The smallest absolute Gasteiger partial charge is 0.0111 e. The summed E-state index contributed by atoms with van der Waals surface area (Å²) in [6.45, 7) is 15.2. The van der Waals surface area contributed by atoms with Gasteiger partial charge in [0.15, 0.2) is 0 Å². The molecule has 2 saturated heterocycles. The van der Waals surface area contributed by atoms with E-state index in [-0.39, 0.29) is 15.8 Å². The molecular weight excluding hydrogens is 314 g/mol. The Bertz CT molecular complexity index is 332. The van der Waals surface area contributed by atoms with Crippen LogP contribution in [0.4, 0.5) is 0 Å². The first kappa shape index (κ1) is 20.2. The van der Waals surface area contributed by atoms with E-state index in [0.29, 0.717) is 0 Å². The lowest BCUT2D eigenvalue weighted by Gasteiger charge is -2.55. The van der Waals surface area contributed by atoms with Gasteiger partial charge in [-0.1, -0.05) is 57.4 Å². The number of rotatable bonds is 8. The van der Waals surface area contributed by atoms with E-state index in [4.69, 9.17) is 0 Å². The van der Waals surface area contributed by atoms with Crippen LogP contribution in [0, 0.1) is 0 Å². The lowest BCUT2D eigenvalue weighted by Crippen LogP contribution is -2.38. The molecule has 0 saturated carbocycles. The molecule has 0 N–H and O–H groups in total. The minimum Gasteiger partial charge on any atom is -0.0895 e. The largest absolute Gasteiger partial charge is 0.0895 e. The summed E-state index contributed by atoms with van der Waals surface area (Å²) >= 11 is 0. The molecule has 23 heavy (non-hydrogen) atoms. The van der Waals surface area contributed by atoms with E-state index in [1.807, 2.05) is 0 Å². The minimum absolute atomic E-state index is 0.207. The average molecular weight is 357 g/mol. The van der Waals surface area contributed by atoms with Crippen molar-refractivity contribution in [3.05, 3.63) is 0 Å². The summed E-state index contributed by atoms with van der Waals surface area (Å²) in [7, 11) is 0.414. The maximum atomic E-state index is 2.57. The van der Waals surface area contributed by atoms with Crippen molar-refractivity contribution in [2.75, 3.05) is 12.3 Å². The van der Waals surface area contributed by atoms with Gasteiger partial charge in [0.25, 0.3) is 0 Å². The molecule has 0 aliphatic carbocycles. The first-order valence-electron chi connectivity index (χ1n) is 10.6. The summed E-state index contributed by atoms with van der Waals surface area (Å²) in [5.41, 5.74) is 0. The van der Waals surface area contributed by atoms with Crippen molar-refractivity contribution >= 4 is 15.8 Å². The molecule has 136 valence electrons. The van der Waals surface area contributed by atoms with E-state index < -0.39 is 0 Å². The molecule has 0 spiro atoms. The van der Waals surface area contributed by atoms with Crippen LogP contribution in [-0.4, -0.2) is 27.5 Å². The Morgan fingerprint density at radius 3 is 1.26 bits per heavy atom. The molecule has 0 aromatic rings. The van der Waals surface area contributed by atoms with Gasteiger partial charge in [-0.2, -0.15) is 0 Å². The Balaban J connectivity index is 2.47. The van der Waals surface area contributed by atoms with Crippen LogP contribution in [-0.2, 0) is 0 Å². The van der Waals surface area contributed by atoms with Gasteiger partial charge in [0, 0.05) is 4.90 Å². The maximum Gasteiger partial charge on any atom is 0.0111 e. The first-order valence-corrected chi connectivity index (χ1v) is 13.7. The average Bonchev–Trinajstić information content (AvgIpc) is 3.23. The van der Waals surface area contributed by atoms with Crippen molar-refractivity contribution < 1.29 is 0 Å². The van der Waals surface area contributed by atoms with E-state index in [0.717, 1.165) is 15.2 Å². The molecule has 2 fully saturated rings. The van der Waals surface area contributed by atoms with Crippen LogP contribution < -0.4 is 0 Å². The summed E-state index contributed by atoms with van der Waals surface area (Å²) in [5, 5.41) is 1.47. The van der Waals surface area contributed by atoms with E-state index in [2.05, 4.69) is 41.5 Å². The van der Waals surface area contributed by atoms with Gasteiger partial charge in [0.2, 0.25) is 0 Å². The molecule has 0 radical (unpaired) electrons. The van der Waals surface area contributed by atoms with Crippen LogP contribution in [0.15, 0.2) is 0 Å². The Kier molecular flexibility index (Phi) is 7.05. The topological polar surface area (TPSA) is 0 Å². The standard InChI is InChI=1S/C21H42P2/c1-7-19(8-2)15-13-17-22(19)21(11-5,12-6)23-18-14-16-20(23,9-3)10-4/h7-18H2,1-6H3. The van der Waals surface area contributed by atoms with Crippen molar-refractivity contribution in [3.63, 3.8) is 0 Å². The molecule has 0 aromatic heterocycles. The molecule has 2 rings (SSSR count). The quantitative estimate of drug-likeness (QED) is 0.385. The van der Waals surface area contributed by atoms with E-state index in [1.54, 1.807) is 25.2 Å².